The molecule has 0 radical (unpaired) electrons. The van der Waals surface area contributed by atoms with Crippen molar-refractivity contribution in [2.75, 3.05) is 30.9 Å². The molecule has 5 rings (SSSR count). The maximum Gasteiger partial charge on any atom is 0.256 e. The number of ether oxygens (including phenoxy) is 2. The van der Waals surface area contributed by atoms with E-state index < -0.39 is 0 Å². The lowest BCUT2D eigenvalue weighted by Gasteiger charge is -2.09. The number of benzene rings is 1. The Hall–Kier alpha value is -3.26. The van der Waals surface area contributed by atoms with Crippen LogP contribution in [0, 0.1) is 0 Å². The number of anilines is 2. The average Bonchev–Trinajstić information content (AvgIpc) is 3.47. The molecule has 3 aromatic rings. The van der Waals surface area contributed by atoms with E-state index in [1.54, 1.807) is 19.4 Å². The van der Waals surface area contributed by atoms with Crippen molar-refractivity contribution in [2.24, 2.45) is 0 Å². The zero-order chi connectivity index (χ0) is 19.1. The number of carbonyl (C=O) groups excluding carboxylic acids is 1. The summed E-state index contributed by atoms with van der Waals surface area (Å²) in [6, 6.07) is 5.64. The van der Waals surface area contributed by atoms with Crippen LogP contribution in [0.5, 0.6) is 5.75 Å². The Morgan fingerprint density at radius 2 is 2.32 bits per heavy atom. The molecule has 28 heavy (non-hydrogen) atoms. The van der Waals surface area contributed by atoms with Crippen LogP contribution in [0.25, 0.3) is 22.7 Å². The van der Waals surface area contributed by atoms with E-state index in [0.717, 1.165) is 47.4 Å². The second kappa shape index (κ2) is 6.72. The second-order valence-electron chi connectivity index (χ2n) is 6.96. The third-order valence-electron chi connectivity index (χ3n) is 5.19. The molecule has 2 aromatic heterocycles. The number of hydrogen-bond donors (Lipinski definition) is 4. The fourth-order valence-corrected chi connectivity index (χ4v) is 3.80. The van der Waals surface area contributed by atoms with Gasteiger partial charge in [-0.15, -0.1) is 0 Å². The molecule has 1 saturated heterocycles. The van der Waals surface area contributed by atoms with Gasteiger partial charge in [0.15, 0.2) is 0 Å². The summed E-state index contributed by atoms with van der Waals surface area (Å²) in [5.41, 5.74) is 4.47. The lowest BCUT2D eigenvalue weighted by molar-refractivity contribution is -0.110. The standard InChI is InChI=1S/C20H21N5O3/c1-27-16-6-7-21-15(16)9-12-17-13(23-19(12)26)4-5-14-18(17)25-20(24-14)22-10-11-3-2-8-28-11/h4-7,9,11,21H,2-3,8,10H2,1H3,(H,23,26)(H2,22,24,25). The number of amides is 1. The van der Waals surface area contributed by atoms with Crippen molar-refractivity contribution < 1.29 is 14.3 Å². The minimum Gasteiger partial charge on any atom is -0.495 e. The summed E-state index contributed by atoms with van der Waals surface area (Å²) in [4.78, 5) is 23.7. The van der Waals surface area contributed by atoms with Crippen molar-refractivity contribution in [2.45, 2.75) is 18.9 Å². The fourth-order valence-electron chi connectivity index (χ4n) is 3.80. The van der Waals surface area contributed by atoms with Gasteiger partial charge in [0.05, 0.1) is 35.7 Å². The fraction of sp³-hybridized carbons (Fsp3) is 0.300. The van der Waals surface area contributed by atoms with E-state index in [4.69, 9.17) is 14.5 Å². The van der Waals surface area contributed by atoms with Crippen LogP contribution >= 0.6 is 0 Å². The van der Waals surface area contributed by atoms with E-state index in [9.17, 15) is 4.79 Å². The third kappa shape index (κ3) is 2.82. The lowest BCUT2D eigenvalue weighted by atomic mass is 10.0. The van der Waals surface area contributed by atoms with Crippen LogP contribution in [-0.4, -0.2) is 47.2 Å². The maximum atomic E-state index is 12.6. The van der Waals surface area contributed by atoms with Gasteiger partial charge in [-0.25, -0.2) is 4.98 Å². The summed E-state index contributed by atoms with van der Waals surface area (Å²) in [5.74, 6) is 1.20. The van der Waals surface area contributed by atoms with Crippen molar-refractivity contribution in [3.05, 3.63) is 35.7 Å². The average molecular weight is 379 g/mol. The molecule has 4 N–H and O–H groups in total. The molecule has 0 aliphatic carbocycles. The molecular weight excluding hydrogens is 358 g/mol. The largest absolute Gasteiger partial charge is 0.495 e. The highest BCUT2D eigenvalue weighted by Crippen LogP contribution is 2.39. The highest BCUT2D eigenvalue weighted by molar-refractivity contribution is 6.37. The number of nitrogens with one attached hydrogen (secondary N) is 4. The summed E-state index contributed by atoms with van der Waals surface area (Å²) in [5, 5.41) is 6.23. The summed E-state index contributed by atoms with van der Waals surface area (Å²) < 4.78 is 11.0. The highest BCUT2D eigenvalue weighted by Gasteiger charge is 2.28. The number of methoxy groups -OCH3 is 1. The number of aromatic nitrogens is 3. The van der Waals surface area contributed by atoms with Crippen LogP contribution in [0.3, 0.4) is 0 Å². The molecule has 1 unspecified atom stereocenters. The summed E-state index contributed by atoms with van der Waals surface area (Å²) in [6.45, 7) is 1.53. The monoisotopic (exact) mass is 379 g/mol. The summed E-state index contributed by atoms with van der Waals surface area (Å²) in [6.07, 6.45) is 5.96. The molecule has 0 saturated carbocycles. The van der Waals surface area contributed by atoms with Gasteiger partial charge in [-0.1, -0.05) is 0 Å². The molecule has 4 heterocycles. The minimum absolute atomic E-state index is 0.156. The van der Waals surface area contributed by atoms with E-state index >= 15 is 0 Å². The summed E-state index contributed by atoms with van der Waals surface area (Å²) in [7, 11) is 1.60. The van der Waals surface area contributed by atoms with E-state index in [0.29, 0.717) is 23.8 Å². The number of nitrogens with zero attached hydrogens (tertiary/aromatic N) is 1. The van der Waals surface area contributed by atoms with Gasteiger partial charge in [0.25, 0.3) is 5.91 Å². The summed E-state index contributed by atoms with van der Waals surface area (Å²) >= 11 is 0. The van der Waals surface area contributed by atoms with Crippen molar-refractivity contribution in [1.82, 2.24) is 15.0 Å². The zero-order valence-corrected chi connectivity index (χ0v) is 15.5. The first-order valence-corrected chi connectivity index (χ1v) is 9.36. The maximum absolute atomic E-state index is 12.6. The number of fused-ring (bicyclic) bond motifs is 3. The van der Waals surface area contributed by atoms with Gasteiger partial charge in [-0.3, -0.25) is 4.79 Å². The second-order valence-corrected chi connectivity index (χ2v) is 6.96. The molecule has 0 bridgehead atoms. The van der Waals surface area contributed by atoms with Gasteiger partial charge in [-0.2, -0.15) is 0 Å². The Bertz CT molecular complexity index is 1070. The number of hydrogen-bond acceptors (Lipinski definition) is 5. The molecule has 144 valence electrons. The topological polar surface area (TPSA) is 104 Å². The number of H-pyrrole nitrogens is 2. The van der Waals surface area contributed by atoms with E-state index in [-0.39, 0.29) is 12.0 Å². The van der Waals surface area contributed by atoms with Crippen LogP contribution in [0.1, 0.15) is 24.1 Å². The molecule has 2 aliphatic rings. The third-order valence-corrected chi connectivity index (χ3v) is 5.19. The van der Waals surface area contributed by atoms with Gasteiger partial charge in [0.2, 0.25) is 5.95 Å². The van der Waals surface area contributed by atoms with E-state index in [1.807, 2.05) is 18.2 Å². The predicted octanol–water partition coefficient (Wildman–Crippen LogP) is 2.98. The van der Waals surface area contributed by atoms with Crippen LogP contribution < -0.4 is 15.4 Å². The Morgan fingerprint density at radius 3 is 3.14 bits per heavy atom. The highest BCUT2D eigenvalue weighted by atomic mass is 16.5. The van der Waals surface area contributed by atoms with Crippen molar-refractivity contribution >= 4 is 40.2 Å². The van der Waals surface area contributed by atoms with Gasteiger partial charge >= 0.3 is 0 Å². The first-order chi connectivity index (χ1) is 13.7. The van der Waals surface area contributed by atoms with E-state index in [1.165, 1.54) is 0 Å². The molecular formula is C20H21N5O3. The molecule has 1 fully saturated rings. The molecule has 1 amide bonds. The number of carbonyl (C=O) groups is 1. The van der Waals surface area contributed by atoms with Gasteiger partial charge < -0.3 is 30.1 Å². The SMILES string of the molecule is COc1cc[nH]c1C=C1C(=O)Nc2ccc3[nH]c(NCC4CCCO4)nc3c21. The predicted molar refractivity (Wildman–Crippen MR) is 107 cm³/mol. The molecule has 2 aliphatic heterocycles. The Kier molecular flexibility index (Phi) is 4.05. The normalized spacial score (nSPS) is 20.0. The van der Waals surface area contributed by atoms with Crippen molar-refractivity contribution in [1.29, 1.82) is 0 Å². The van der Waals surface area contributed by atoms with Gasteiger partial charge in [-0.05, 0) is 37.1 Å². The molecule has 8 nitrogen and oxygen atoms in total. The van der Waals surface area contributed by atoms with Gasteiger partial charge in [0, 0.05) is 24.9 Å². The molecule has 1 aromatic carbocycles. The Morgan fingerprint density at radius 1 is 1.39 bits per heavy atom. The zero-order valence-electron chi connectivity index (χ0n) is 15.5. The van der Waals surface area contributed by atoms with Crippen LogP contribution in [0.4, 0.5) is 11.6 Å². The lowest BCUT2D eigenvalue weighted by Crippen LogP contribution is -2.18. The molecule has 8 heteroatoms. The smallest absolute Gasteiger partial charge is 0.256 e. The first-order valence-electron chi connectivity index (χ1n) is 9.36. The minimum atomic E-state index is -0.156. The van der Waals surface area contributed by atoms with Crippen LogP contribution in [0.2, 0.25) is 0 Å². The number of imidazole rings is 1. The van der Waals surface area contributed by atoms with Crippen LogP contribution in [-0.2, 0) is 9.53 Å². The Balaban J connectivity index is 1.52. The number of rotatable bonds is 5. The Labute approximate surface area is 161 Å². The molecule has 0 spiro atoms. The quantitative estimate of drug-likeness (QED) is 0.510. The van der Waals surface area contributed by atoms with Crippen molar-refractivity contribution in [3.63, 3.8) is 0 Å². The van der Waals surface area contributed by atoms with E-state index in [2.05, 4.69) is 20.6 Å². The van der Waals surface area contributed by atoms with Gasteiger partial charge in [0.1, 0.15) is 11.3 Å². The number of aromatic amines is 2. The first kappa shape index (κ1) is 16.9. The van der Waals surface area contributed by atoms with Crippen LogP contribution in [0.15, 0.2) is 24.4 Å². The molecule has 1 atom stereocenters. The van der Waals surface area contributed by atoms with Crippen molar-refractivity contribution in [3.8, 4) is 5.75 Å².